The smallest absolute Gasteiger partial charge is 0.255 e. The van der Waals surface area contributed by atoms with Gasteiger partial charge < -0.3 is 5.32 Å². The molecule has 124 valence electrons. The molecule has 0 atom stereocenters. The summed E-state index contributed by atoms with van der Waals surface area (Å²) in [6.07, 6.45) is 0. The molecule has 1 aromatic carbocycles. The van der Waals surface area contributed by atoms with E-state index in [9.17, 15) is 4.79 Å². The van der Waals surface area contributed by atoms with E-state index < -0.39 is 0 Å². The third-order valence-corrected chi connectivity index (χ3v) is 4.28. The van der Waals surface area contributed by atoms with Crippen LogP contribution in [0, 0.1) is 6.92 Å². The molecule has 5 heteroatoms. The monoisotopic (exact) mass is 333 g/mol. The van der Waals surface area contributed by atoms with Gasteiger partial charge in [0.1, 0.15) is 0 Å². The highest BCUT2D eigenvalue weighted by Crippen LogP contribution is 2.25. The van der Waals surface area contributed by atoms with Gasteiger partial charge in [0.05, 0.1) is 11.3 Å². The topological polar surface area (TPSA) is 57.8 Å². The van der Waals surface area contributed by atoms with E-state index in [4.69, 9.17) is 11.6 Å². The number of nitrogens with zero attached hydrogens (tertiary/aromatic N) is 1. The summed E-state index contributed by atoms with van der Waals surface area (Å²) in [5.41, 5.74) is 3.14. The average Bonchev–Trinajstić information content (AvgIpc) is 2.87. The molecule has 0 fully saturated rings. The van der Waals surface area contributed by atoms with Gasteiger partial charge in [0, 0.05) is 22.7 Å². The fraction of sp³-hybridized carbons (Fsp3) is 0.444. The lowest BCUT2D eigenvalue weighted by Gasteiger charge is -2.26. The second kappa shape index (κ2) is 6.75. The fourth-order valence-electron chi connectivity index (χ4n) is 2.55. The van der Waals surface area contributed by atoms with E-state index in [0.717, 1.165) is 17.0 Å². The SMILES string of the molecule is Cc1[nH]nc(C(C)C)c1C(=O)NCC(C)(C)c1cccc(Cl)c1. The van der Waals surface area contributed by atoms with Crippen LogP contribution in [-0.4, -0.2) is 22.6 Å². The minimum atomic E-state index is -0.212. The first-order valence-corrected chi connectivity index (χ1v) is 8.19. The van der Waals surface area contributed by atoms with Crippen LogP contribution in [0.5, 0.6) is 0 Å². The van der Waals surface area contributed by atoms with Gasteiger partial charge in [0.25, 0.3) is 5.91 Å². The van der Waals surface area contributed by atoms with Crippen molar-refractivity contribution in [3.63, 3.8) is 0 Å². The zero-order valence-corrected chi connectivity index (χ0v) is 15.1. The number of aromatic nitrogens is 2. The summed E-state index contributed by atoms with van der Waals surface area (Å²) >= 11 is 6.07. The molecule has 0 bridgehead atoms. The van der Waals surface area contributed by atoms with Crippen molar-refractivity contribution in [2.45, 2.75) is 46.0 Å². The van der Waals surface area contributed by atoms with Gasteiger partial charge in [-0.3, -0.25) is 9.89 Å². The molecular formula is C18H24ClN3O. The summed E-state index contributed by atoms with van der Waals surface area (Å²) in [5.74, 6) is 0.108. The van der Waals surface area contributed by atoms with Crippen LogP contribution in [0.2, 0.25) is 5.02 Å². The van der Waals surface area contributed by atoms with Gasteiger partial charge in [-0.15, -0.1) is 0 Å². The van der Waals surface area contributed by atoms with E-state index in [1.165, 1.54) is 0 Å². The molecule has 0 aliphatic carbocycles. The zero-order chi connectivity index (χ0) is 17.2. The molecule has 0 radical (unpaired) electrons. The quantitative estimate of drug-likeness (QED) is 0.861. The Morgan fingerprint density at radius 1 is 1.39 bits per heavy atom. The summed E-state index contributed by atoms with van der Waals surface area (Å²) < 4.78 is 0. The van der Waals surface area contributed by atoms with Crippen LogP contribution in [0.15, 0.2) is 24.3 Å². The lowest BCUT2D eigenvalue weighted by molar-refractivity contribution is 0.0944. The Bertz CT molecular complexity index is 704. The number of H-pyrrole nitrogens is 1. The maximum absolute atomic E-state index is 12.6. The van der Waals surface area contributed by atoms with Crippen molar-refractivity contribution in [1.29, 1.82) is 0 Å². The van der Waals surface area contributed by atoms with Crippen molar-refractivity contribution in [2.75, 3.05) is 6.54 Å². The van der Waals surface area contributed by atoms with E-state index in [1.54, 1.807) is 0 Å². The summed E-state index contributed by atoms with van der Waals surface area (Å²) in [7, 11) is 0. The number of amides is 1. The van der Waals surface area contributed by atoms with Crippen molar-refractivity contribution >= 4 is 17.5 Å². The van der Waals surface area contributed by atoms with Gasteiger partial charge >= 0.3 is 0 Å². The molecule has 0 aliphatic heterocycles. The summed E-state index contributed by atoms with van der Waals surface area (Å²) in [6.45, 7) is 10.6. The number of benzene rings is 1. The molecule has 0 spiro atoms. The standard InChI is InChI=1S/C18H24ClN3O/c1-11(2)16-15(12(3)21-22-16)17(23)20-10-18(4,5)13-7-6-8-14(19)9-13/h6-9,11H,10H2,1-5H3,(H,20,23)(H,21,22). The molecule has 2 rings (SSSR count). The summed E-state index contributed by atoms with van der Waals surface area (Å²) in [4.78, 5) is 12.6. The van der Waals surface area contributed by atoms with Crippen LogP contribution in [0.25, 0.3) is 0 Å². The Labute approximate surface area is 142 Å². The van der Waals surface area contributed by atoms with E-state index in [-0.39, 0.29) is 17.2 Å². The van der Waals surface area contributed by atoms with E-state index in [0.29, 0.717) is 17.1 Å². The maximum Gasteiger partial charge on any atom is 0.255 e. The molecule has 2 aromatic rings. The summed E-state index contributed by atoms with van der Waals surface area (Å²) in [5, 5.41) is 10.9. The predicted molar refractivity (Wildman–Crippen MR) is 94.2 cm³/mol. The number of hydrogen-bond acceptors (Lipinski definition) is 2. The number of carbonyl (C=O) groups excluding carboxylic acids is 1. The molecule has 1 aromatic heterocycles. The molecule has 4 nitrogen and oxygen atoms in total. The highest BCUT2D eigenvalue weighted by atomic mass is 35.5. The van der Waals surface area contributed by atoms with Crippen LogP contribution < -0.4 is 5.32 Å². The Hall–Kier alpha value is -1.81. The minimum Gasteiger partial charge on any atom is -0.351 e. The number of aromatic amines is 1. The lowest BCUT2D eigenvalue weighted by Crippen LogP contribution is -2.37. The minimum absolute atomic E-state index is 0.0879. The van der Waals surface area contributed by atoms with Crippen LogP contribution in [0.1, 0.15) is 60.9 Å². The van der Waals surface area contributed by atoms with E-state index in [1.807, 2.05) is 45.0 Å². The third-order valence-electron chi connectivity index (χ3n) is 4.05. The van der Waals surface area contributed by atoms with Gasteiger partial charge in [0.2, 0.25) is 0 Å². The van der Waals surface area contributed by atoms with Crippen LogP contribution >= 0.6 is 11.6 Å². The Kier molecular flexibility index (Phi) is 5.15. The van der Waals surface area contributed by atoms with Gasteiger partial charge in [-0.05, 0) is 30.5 Å². The van der Waals surface area contributed by atoms with Crippen molar-refractivity contribution in [3.8, 4) is 0 Å². The number of aryl methyl sites for hydroxylation is 1. The number of rotatable bonds is 5. The Morgan fingerprint density at radius 2 is 2.09 bits per heavy atom. The van der Waals surface area contributed by atoms with E-state index >= 15 is 0 Å². The largest absolute Gasteiger partial charge is 0.351 e. The number of nitrogens with one attached hydrogen (secondary N) is 2. The third kappa shape index (κ3) is 3.94. The number of carbonyl (C=O) groups is 1. The first-order valence-electron chi connectivity index (χ1n) is 7.81. The van der Waals surface area contributed by atoms with Gasteiger partial charge in [0.15, 0.2) is 0 Å². The Balaban J connectivity index is 2.14. The summed E-state index contributed by atoms with van der Waals surface area (Å²) in [6, 6.07) is 7.75. The predicted octanol–water partition coefficient (Wildman–Crippen LogP) is 4.20. The lowest BCUT2D eigenvalue weighted by atomic mass is 9.84. The first-order chi connectivity index (χ1) is 10.7. The second-order valence-corrected chi connectivity index (χ2v) is 7.28. The molecule has 0 saturated heterocycles. The number of hydrogen-bond donors (Lipinski definition) is 2. The second-order valence-electron chi connectivity index (χ2n) is 6.84. The highest BCUT2D eigenvalue weighted by molar-refractivity contribution is 6.30. The van der Waals surface area contributed by atoms with Gasteiger partial charge in [-0.1, -0.05) is 51.4 Å². The zero-order valence-electron chi connectivity index (χ0n) is 14.3. The molecular weight excluding hydrogens is 310 g/mol. The molecule has 0 saturated carbocycles. The maximum atomic E-state index is 12.6. The molecule has 0 unspecified atom stereocenters. The van der Waals surface area contributed by atoms with Crippen LogP contribution in [-0.2, 0) is 5.41 Å². The molecule has 2 N–H and O–H groups in total. The van der Waals surface area contributed by atoms with Crippen molar-refractivity contribution in [1.82, 2.24) is 15.5 Å². The van der Waals surface area contributed by atoms with Crippen LogP contribution in [0.4, 0.5) is 0 Å². The molecule has 1 amide bonds. The number of halogens is 1. The van der Waals surface area contributed by atoms with E-state index in [2.05, 4.69) is 29.4 Å². The molecule has 1 heterocycles. The van der Waals surface area contributed by atoms with Crippen molar-refractivity contribution in [3.05, 3.63) is 51.8 Å². The van der Waals surface area contributed by atoms with Gasteiger partial charge in [-0.2, -0.15) is 5.10 Å². The first kappa shape index (κ1) is 17.5. The normalized spacial score (nSPS) is 11.8. The molecule has 23 heavy (non-hydrogen) atoms. The average molecular weight is 334 g/mol. The highest BCUT2D eigenvalue weighted by Gasteiger charge is 2.25. The fourth-order valence-corrected chi connectivity index (χ4v) is 2.74. The Morgan fingerprint density at radius 3 is 2.70 bits per heavy atom. The van der Waals surface area contributed by atoms with Crippen molar-refractivity contribution in [2.24, 2.45) is 0 Å². The molecule has 0 aliphatic rings. The van der Waals surface area contributed by atoms with Gasteiger partial charge in [-0.25, -0.2) is 0 Å². The van der Waals surface area contributed by atoms with Crippen LogP contribution in [0.3, 0.4) is 0 Å². The van der Waals surface area contributed by atoms with Crippen molar-refractivity contribution < 1.29 is 4.79 Å².